The Labute approximate surface area is 157 Å². The van der Waals surface area contributed by atoms with Gasteiger partial charge in [0, 0.05) is 6.07 Å². The zero-order valence-corrected chi connectivity index (χ0v) is 15.4. The maximum absolute atomic E-state index is 12.7. The number of nitro benzene ring substituents is 1. The molecule has 0 aliphatic carbocycles. The molecule has 4 rings (SSSR count). The van der Waals surface area contributed by atoms with Gasteiger partial charge in [-0.1, -0.05) is 17.4 Å². The minimum absolute atomic E-state index is 0.101. The van der Waals surface area contributed by atoms with Crippen molar-refractivity contribution < 1.29 is 19.2 Å². The summed E-state index contributed by atoms with van der Waals surface area (Å²) in [4.78, 5) is 27.9. The number of hydrogen-bond donors (Lipinski definition) is 1. The molecule has 0 saturated heterocycles. The lowest BCUT2D eigenvalue weighted by Crippen LogP contribution is -2.18. The molecule has 8 nitrogen and oxygen atoms in total. The van der Waals surface area contributed by atoms with Crippen LogP contribution in [0.25, 0.3) is 10.2 Å². The van der Waals surface area contributed by atoms with E-state index in [4.69, 9.17) is 9.47 Å². The topological polar surface area (TPSA) is 104 Å². The number of fused-ring (bicyclic) bond motifs is 2. The summed E-state index contributed by atoms with van der Waals surface area (Å²) in [5, 5.41) is 14.4. The zero-order chi connectivity index (χ0) is 19.1. The molecule has 3 aromatic rings. The number of benzene rings is 2. The van der Waals surface area contributed by atoms with Crippen molar-refractivity contribution in [2.24, 2.45) is 0 Å². The number of rotatable bonds is 3. The van der Waals surface area contributed by atoms with Gasteiger partial charge < -0.3 is 9.47 Å². The number of nitrogens with one attached hydrogen (secondary N) is 1. The number of carbonyl (C=O) groups is 1. The molecule has 0 saturated carbocycles. The van der Waals surface area contributed by atoms with Gasteiger partial charge in [-0.25, -0.2) is 4.98 Å². The molecule has 2 aromatic carbocycles. The molecule has 0 fully saturated rings. The van der Waals surface area contributed by atoms with E-state index in [-0.39, 0.29) is 17.0 Å². The van der Waals surface area contributed by atoms with E-state index in [1.807, 2.05) is 26.0 Å². The summed E-state index contributed by atoms with van der Waals surface area (Å²) in [6.45, 7) is 4.57. The van der Waals surface area contributed by atoms with E-state index >= 15 is 0 Å². The van der Waals surface area contributed by atoms with Crippen LogP contribution in [0.4, 0.5) is 10.8 Å². The van der Waals surface area contributed by atoms with E-state index in [0.29, 0.717) is 24.1 Å². The summed E-state index contributed by atoms with van der Waals surface area (Å²) < 4.78 is 11.7. The number of thiazole rings is 1. The molecular formula is C18H15N3O5S. The predicted molar refractivity (Wildman–Crippen MR) is 101 cm³/mol. The molecule has 0 bridgehead atoms. The van der Waals surface area contributed by atoms with E-state index in [9.17, 15) is 14.9 Å². The number of anilines is 1. The molecule has 138 valence electrons. The van der Waals surface area contributed by atoms with Crippen LogP contribution >= 0.6 is 11.3 Å². The summed E-state index contributed by atoms with van der Waals surface area (Å²) in [5.74, 6) is -0.0459. The third-order valence-corrected chi connectivity index (χ3v) is 5.07. The van der Waals surface area contributed by atoms with Crippen LogP contribution in [0.15, 0.2) is 24.3 Å². The molecule has 27 heavy (non-hydrogen) atoms. The first kappa shape index (κ1) is 17.2. The van der Waals surface area contributed by atoms with E-state index < -0.39 is 10.8 Å². The molecule has 1 N–H and O–H groups in total. The molecule has 0 atom stereocenters. The second kappa shape index (κ2) is 6.51. The molecule has 0 radical (unpaired) electrons. The smallest absolute Gasteiger partial charge is 0.286 e. The first-order valence-electron chi connectivity index (χ1n) is 8.19. The number of carbonyl (C=O) groups excluding carboxylic acids is 1. The number of ether oxygens (including phenoxy) is 2. The Bertz CT molecular complexity index is 1090. The van der Waals surface area contributed by atoms with Crippen molar-refractivity contribution in [3.05, 3.63) is 51.1 Å². The highest BCUT2D eigenvalue weighted by molar-refractivity contribution is 7.22. The second-order valence-corrected chi connectivity index (χ2v) is 7.20. The average Bonchev–Trinajstić information content (AvgIpc) is 3.03. The molecule has 1 aliphatic rings. The van der Waals surface area contributed by atoms with Gasteiger partial charge in [0.05, 0.1) is 21.2 Å². The molecule has 1 amide bonds. The second-order valence-electron chi connectivity index (χ2n) is 6.17. The fourth-order valence-electron chi connectivity index (χ4n) is 3.00. The van der Waals surface area contributed by atoms with Gasteiger partial charge in [-0.15, -0.1) is 0 Å². The quantitative estimate of drug-likeness (QED) is 0.543. The molecule has 9 heteroatoms. The first-order chi connectivity index (χ1) is 12.9. The van der Waals surface area contributed by atoms with Crippen molar-refractivity contribution in [3.63, 3.8) is 0 Å². The van der Waals surface area contributed by atoms with Crippen molar-refractivity contribution in [3.8, 4) is 11.5 Å². The van der Waals surface area contributed by atoms with E-state index in [1.165, 1.54) is 23.5 Å². The third-order valence-electron chi connectivity index (χ3n) is 4.15. The van der Waals surface area contributed by atoms with Gasteiger partial charge in [-0.3, -0.25) is 20.2 Å². The highest BCUT2D eigenvalue weighted by atomic mass is 32.1. The van der Waals surface area contributed by atoms with Gasteiger partial charge in [0.2, 0.25) is 0 Å². The lowest BCUT2D eigenvalue weighted by Gasteiger charge is -2.18. The number of aryl methyl sites for hydroxylation is 2. The van der Waals surface area contributed by atoms with Crippen molar-refractivity contribution in [2.45, 2.75) is 13.8 Å². The maximum atomic E-state index is 12.7. The number of nitrogens with zero attached hydrogens (tertiary/aromatic N) is 2. The molecular weight excluding hydrogens is 370 g/mol. The van der Waals surface area contributed by atoms with Crippen LogP contribution in [0.3, 0.4) is 0 Å². The van der Waals surface area contributed by atoms with Crippen LogP contribution in [0.1, 0.15) is 21.5 Å². The monoisotopic (exact) mass is 385 g/mol. The standard InChI is InChI=1S/C18H15N3O5S/c1-9-5-10(2)16-15(6-9)27-18(19-16)20-17(22)11-7-13-14(26-4-3-25-13)8-12(11)21(23)24/h5-8H,3-4H2,1-2H3,(H,19,20,22). The summed E-state index contributed by atoms with van der Waals surface area (Å²) in [5.41, 5.74) is 2.47. The Kier molecular flexibility index (Phi) is 4.15. The molecule has 2 heterocycles. The summed E-state index contributed by atoms with van der Waals surface area (Å²) in [6.07, 6.45) is 0. The molecule has 0 spiro atoms. The maximum Gasteiger partial charge on any atom is 0.286 e. The van der Waals surface area contributed by atoms with Gasteiger partial charge in [-0.2, -0.15) is 0 Å². The van der Waals surface area contributed by atoms with Gasteiger partial charge in [-0.05, 0) is 31.0 Å². The minimum atomic E-state index is -0.618. The number of nitro groups is 1. The molecule has 0 unspecified atom stereocenters. The summed E-state index contributed by atoms with van der Waals surface area (Å²) >= 11 is 1.32. The van der Waals surface area contributed by atoms with Crippen molar-refractivity contribution in [2.75, 3.05) is 18.5 Å². The highest BCUT2D eigenvalue weighted by Crippen LogP contribution is 2.37. The van der Waals surface area contributed by atoms with Crippen molar-refractivity contribution in [1.29, 1.82) is 0 Å². The summed E-state index contributed by atoms with van der Waals surface area (Å²) in [6, 6.07) is 6.56. The van der Waals surface area contributed by atoms with Crippen LogP contribution in [0, 0.1) is 24.0 Å². The number of amides is 1. The van der Waals surface area contributed by atoms with Gasteiger partial charge >= 0.3 is 0 Å². The van der Waals surface area contributed by atoms with Crippen LogP contribution in [-0.4, -0.2) is 29.0 Å². The van der Waals surface area contributed by atoms with Crippen LogP contribution in [0.2, 0.25) is 0 Å². The van der Waals surface area contributed by atoms with Crippen LogP contribution in [0.5, 0.6) is 11.5 Å². The van der Waals surface area contributed by atoms with Gasteiger partial charge in [0.15, 0.2) is 16.6 Å². The van der Waals surface area contributed by atoms with E-state index in [1.54, 1.807) is 0 Å². The fraction of sp³-hybridized carbons (Fsp3) is 0.222. The molecule has 1 aromatic heterocycles. The van der Waals surface area contributed by atoms with Crippen LogP contribution < -0.4 is 14.8 Å². The van der Waals surface area contributed by atoms with Crippen LogP contribution in [-0.2, 0) is 0 Å². The highest BCUT2D eigenvalue weighted by Gasteiger charge is 2.27. The lowest BCUT2D eigenvalue weighted by atomic mass is 10.1. The van der Waals surface area contributed by atoms with Gasteiger partial charge in [0.25, 0.3) is 11.6 Å². The average molecular weight is 385 g/mol. The largest absolute Gasteiger partial charge is 0.486 e. The summed E-state index contributed by atoms with van der Waals surface area (Å²) in [7, 11) is 0. The predicted octanol–water partition coefficient (Wildman–Crippen LogP) is 3.84. The Morgan fingerprint density at radius 3 is 2.59 bits per heavy atom. The SMILES string of the molecule is Cc1cc(C)c2nc(NC(=O)c3cc4c(cc3[N+](=O)[O-])OCCO4)sc2c1. The van der Waals surface area contributed by atoms with E-state index in [2.05, 4.69) is 10.3 Å². The Morgan fingerprint density at radius 2 is 1.89 bits per heavy atom. The van der Waals surface area contributed by atoms with Crippen molar-refractivity contribution in [1.82, 2.24) is 4.98 Å². The normalized spacial score (nSPS) is 12.8. The molecule has 1 aliphatic heterocycles. The Morgan fingerprint density at radius 1 is 1.19 bits per heavy atom. The zero-order valence-electron chi connectivity index (χ0n) is 14.6. The van der Waals surface area contributed by atoms with Crippen molar-refractivity contribution >= 4 is 38.3 Å². The minimum Gasteiger partial charge on any atom is -0.486 e. The van der Waals surface area contributed by atoms with E-state index in [0.717, 1.165) is 21.3 Å². The Hall–Kier alpha value is -3.20. The third kappa shape index (κ3) is 3.17. The van der Waals surface area contributed by atoms with Gasteiger partial charge in [0.1, 0.15) is 18.8 Å². The fourth-order valence-corrected chi connectivity index (χ4v) is 4.04. The Balaban J connectivity index is 1.70. The number of hydrogen-bond acceptors (Lipinski definition) is 7. The first-order valence-corrected chi connectivity index (χ1v) is 9.01. The lowest BCUT2D eigenvalue weighted by molar-refractivity contribution is -0.385. The number of aromatic nitrogens is 1.